The van der Waals surface area contributed by atoms with Crippen molar-refractivity contribution in [2.45, 2.75) is 32.2 Å². The van der Waals surface area contributed by atoms with E-state index in [1.54, 1.807) is 19.0 Å². The van der Waals surface area contributed by atoms with Gasteiger partial charge in [0.05, 0.1) is 6.04 Å². The van der Waals surface area contributed by atoms with E-state index in [0.29, 0.717) is 18.3 Å². The predicted molar refractivity (Wildman–Crippen MR) is 110 cm³/mol. The fraction of sp³-hybridized carbons (Fsp3) is 0.632. The molecule has 1 aliphatic rings. The average Bonchev–Trinajstić information content (AvgIpc) is 2.57. The summed E-state index contributed by atoms with van der Waals surface area (Å²) in [5, 5.41) is 6.18. The maximum absolute atomic E-state index is 14.1. The molecule has 1 amide bonds. The van der Waals surface area contributed by atoms with Gasteiger partial charge in [-0.3, -0.25) is 4.79 Å². The van der Waals surface area contributed by atoms with Crippen LogP contribution in [0.15, 0.2) is 18.2 Å². The lowest BCUT2D eigenvalue weighted by molar-refractivity contribution is -0.122. The van der Waals surface area contributed by atoms with Gasteiger partial charge >= 0.3 is 0 Å². The summed E-state index contributed by atoms with van der Waals surface area (Å²) in [6.45, 7) is 4.30. The number of halogens is 4. The summed E-state index contributed by atoms with van der Waals surface area (Å²) in [5.41, 5.74) is -0.000738. The van der Waals surface area contributed by atoms with Crippen LogP contribution in [0.1, 0.15) is 37.8 Å². The third-order valence-electron chi connectivity index (χ3n) is 5.14. The number of carbonyl (C=O) groups excluding carboxylic acids is 1. The molecule has 1 fully saturated rings. The molecule has 156 valence electrons. The SMILES string of the molecule is CC(CC(=O)NCC(c1c(F)cccc1F)N(C)C)C1CCNCC1.Cl.Cl. The van der Waals surface area contributed by atoms with Crippen molar-refractivity contribution in [3.63, 3.8) is 0 Å². The lowest BCUT2D eigenvalue weighted by Crippen LogP contribution is -2.37. The standard InChI is InChI=1S/C19H29F2N3O.2ClH/c1-13(14-7-9-22-10-8-14)11-18(25)23-12-17(24(2)3)19-15(20)5-4-6-16(19)21;;/h4-6,13-14,17,22H,7-12H2,1-3H3,(H,23,25);2*1H. The molecule has 1 aromatic carbocycles. The summed E-state index contributed by atoms with van der Waals surface area (Å²) in [5.74, 6) is -0.368. The van der Waals surface area contributed by atoms with E-state index in [9.17, 15) is 13.6 Å². The number of amides is 1. The molecule has 1 saturated heterocycles. The molecule has 4 nitrogen and oxygen atoms in total. The van der Waals surface area contributed by atoms with Crippen molar-refractivity contribution < 1.29 is 13.6 Å². The fourth-order valence-electron chi connectivity index (χ4n) is 3.53. The first-order valence-electron chi connectivity index (χ1n) is 8.98. The van der Waals surface area contributed by atoms with Gasteiger partial charge in [0.15, 0.2) is 0 Å². The van der Waals surface area contributed by atoms with Crippen molar-refractivity contribution in [3.05, 3.63) is 35.4 Å². The van der Waals surface area contributed by atoms with Crippen molar-refractivity contribution in [1.82, 2.24) is 15.5 Å². The lowest BCUT2D eigenvalue weighted by Gasteiger charge is -2.29. The van der Waals surface area contributed by atoms with E-state index < -0.39 is 17.7 Å². The quantitative estimate of drug-likeness (QED) is 0.701. The molecule has 0 bridgehead atoms. The second-order valence-electron chi connectivity index (χ2n) is 7.19. The molecule has 1 aromatic rings. The molecule has 2 rings (SSSR count). The van der Waals surface area contributed by atoms with Gasteiger partial charge in [-0.25, -0.2) is 8.78 Å². The zero-order chi connectivity index (χ0) is 18.4. The highest BCUT2D eigenvalue weighted by molar-refractivity contribution is 5.85. The molecular weight excluding hydrogens is 395 g/mol. The highest BCUT2D eigenvalue weighted by atomic mass is 35.5. The Hall–Kier alpha value is -0.950. The van der Waals surface area contributed by atoms with Gasteiger partial charge in [0.25, 0.3) is 0 Å². The number of hydrogen-bond donors (Lipinski definition) is 2. The van der Waals surface area contributed by atoms with Gasteiger partial charge in [-0.05, 0) is 64.0 Å². The van der Waals surface area contributed by atoms with E-state index in [2.05, 4.69) is 17.6 Å². The largest absolute Gasteiger partial charge is 0.354 e. The third kappa shape index (κ3) is 7.53. The molecule has 8 heteroatoms. The van der Waals surface area contributed by atoms with Crippen molar-refractivity contribution in [3.8, 4) is 0 Å². The van der Waals surface area contributed by atoms with Crippen molar-refractivity contribution >= 4 is 30.7 Å². The molecule has 2 N–H and O–H groups in total. The summed E-state index contributed by atoms with van der Waals surface area (Å²) in [4.78, 5) is 14.0. The molecule has 27 heavy (non-hydrogen) atoms. The van der Waals surface area contributed by atoms with Gasteiger partial charge in [0, 0.05) is 18.5 Å². The van der Waals surface area contributed by atoms with E-state index in [0.717, 1.165) is 25.9 Å². The highest BCUT2D eigenvalue weighted by Gasteiger charge is 2.25. The maximum Gasteiger partial charge on any atom is 0.220 e. The first-order valence-corrected chi connectivity index (χ1v) is 8.98. The summed E-state index contributed by atoms with van der Waals surface area (Å²) in [6, 6.07) is 3.30. The first-order chi connectivity index (χ1) is 11.9. The number of piperidine rings is 1. The Labute approximate surface area is 173 Å². The van der Waals surface area contributed by atoms with E-state index in [4.69, 9.17) is 0 Å². The molecule has 2 atom stereocenters. The smallest absolute Gasteiger partial charge is 0.220 e. The number of nitrogens with one attached hydrogen (secondary N) is 2. The van der Waals surface area contributed by atoms with Crippen LogP contribution in [0.3, 0.4) is 0 Å². The number of likely N-dealkylation sites (N-methyl/N-ethyl adjacent to an activating group) is 1. The van der Waals surface area contributed by atoms with Gasteiger partial charge in [-0.15, -0.1) is 24.8 Å². The van der Waals surface area contributed by atoms with E-state index in [1.165, 1.54) is 18.2 Å². The minimum atomic E-state index is -0.587. The predicted octanol–water partition coefficient (Wildman–Crippen LogP) is 3.55. The molecular formula is C19H31Cl2F2N3O. The molecule has 0 aliphatic carbocycles. The minimum Gasteiger partial charge on any atom is -0.354 e. The number of hydrogen-bond acceptors (Lipinski definition) is 3. The molecule has 0 aromatic heterocycles. The van der Waals surface area contributed by atoms with Crippen LogP contribution >= 0.6 is 24.8 Å². The topological polar surface area (TPSA) is 44.4 Å². The number of benzene rings is 1. The Morgan fingerprint density at radius 2 is 1.78 bits per heavy atom. The number of rotatable bonds is 7. The molecule has 0 saturated carbocycles. The second kappa shape index (κ2) is 12.5. The summed E-state index contributed by atoms with van der Waals surface area (Å²) < 4.78 is 28.1. The highest BCUT2D eigenvalue weighted by Crippen LogP contribution is 2.25. The van der Waals surface area contributed by atoms with E-state index in [1.807, 2.05) is 0 Å². The summed E-state index contributed by atoms with van der Waals surface area (Å²) >= 11 is 0. The number of nitrogens with zero attached hydrogens (tertiary/aromatic N) is 1. The van der Waals surface area contributed by atoms with E-state index in [-0.39, 0.29) is 42.8 Å². The molecule has 2 unspecified atom stereocenters. The average molecular weight is 426 g/mol. The zero-order valence-corrected chi connectivity index (χ0v) is 17.8. The van der Waals surface area contributed by atoms with Gasteiger partial charge in [-0.2, -0.15) is 0 Å². The molecule has 0 spiro atoms. The fourth-order valence-corrected chi connectivity index (χ4v) is 3.53. The van der Waals surface area contributed by atoms with Crippen LogP contribution in [0, 0.1) is 23.5 Å². The van der Waals surface area contributed by atoms with Gasteiger partial charge in [-0.1, -0.05) is 13.0 Å². The van der Waals surface area contributed by atoms with Crippen LogP contribution in [-0.4, -0.2) is 44.5 Å². The lowest BCUT2D eigenvalue weighted by atomic mass is 9.84. The Morgan fingerprint density at radius 3 is 2.30 bits per heavy atom. The van der Waals surface area contributed by atoms with Crippen LogP contribution in [0.4, 0.5) is 8.78 Å². The minimum absolute atomic E-state index is 0. The Bertz CT molecular complexity index is 564. The van der Waals surface area contributed by atoms with Gasteiger partial charge in [0.2, 0.25) is 5.91 Å². The molecule has 1 heterocycles. The van der Waals surface area contributed by atoms with Crippen LogP contribution in [-0.2, 0) is 4.79 Å². The van der Waals surface area contributed by atoms with Crippen LogP contribution in [0.5, 0.6) is 0 Å². The monoisotopic (exact) mass is 425 g/mol. The third-order valence-corrected chi connectivity index (χ3v) is 5.14. The Morgan fingerprint density at radius 1 is 1.22 bits per heavy atom. The van der Waals surface area contributed by atoms with Crippen LogP contribution in [0.25, 0.3) is 0 Å². The van der Waals surface area contributed by atoms with E-state index >= 15 is 0 Å². The summed E-state index contributed by atoms with van der Waals surface area (Å²) in [7, 11) is 3.50. The van der Waals surface area contributed by atoms with Gasteiger partial charge in [0.1, 0.15) is 11.6 Å². The summed E-state index contributed by atoms with van der Waals surface area (Å²) in [6.07, 6.45) is 2.63. The Kier molecular flexibility index (Phi) is 12.1. The zero-order valence-electron chi connectivity index (χ0n) is 16.1. The van der Waals surface area contributed by atoms with Crippen LogP contribution in [0.2, 0.25) is 0 Å². The van der Waals surface area contributed by atoms with Gasteiger partial charge < -0.3 is 15.5 Å². The van der Waals surface area contributed by atoms with Crippen molar-refractivity contribution in [2.75, 3.05) is 33.7 Å². The van der Waals surface area contributed by atoms with Crippen molar-refractivity contribution in [2.24, 2.45) is 11.8 Å². The Balaban J connectivity index is 0.00000338. The van der Waals surface area contributed by atoms with Crippen molar-refractivity contribution in [1.29, 1.82) is 0 Å². The molecule has 1 aliphatic heterocycles. The molecule has 0 radical (unpaired) electrons. The maximum atomic E-state index is 14.1. The normalized spacial score (nSPS) is 16.8. The first kappa shape index (κ1) is 26.1. The number of carbonyl (C=O) groups is 1. The van der Waals surface area contributed by atoms with Crippen LogP contribution < -0.4 is 10.6 Å². The second-order valence-corrected chi connectivity index (χ2v) is 7.19.